The van der Waals surface area contributed by atoms with Crippen LogP contribution in [0.15, 0.2) is 18.2 Å². The highest BCUT2D eigenvalue weighted by molar-refractivity contribution is 5.39. The lowest BCUT2D eigenvalue weighted by Gasteiger charge is -2.27. The molecule has 3 nitrogen and oxygen atoms in total. The van der Waals surface area contributed by atoms with E-state index in [4.69, 9.17) is 4.74 Å². The van der Waals surface area contributed by atoms with Gasteiger partial charge in [-0.25, -0.2) is 0 Å². The summed E-state index contributed by atoms with van der Waals surface area (Å²) in [6.45, 7) is 7.41. The molecule has 0 spiro atoms. The van der Waals surface area contributed by atoms with Crippen LogP contribution in [0.25, 0.3) is 0 Å². The molecule has 0 saturated carbocycles. The SMILES string of the molecule is CCCNC1CCCc2cc(OCC(C)(O)CC)ccc21. The molecule has 0 heterocycles. The molecule has 1 aliphatic carbocycles. The standard InChI is InChI=1S/C18H29NO2/c1-4-11-19-17-8-6-7-14-12-15(9-10-16(14)17)21-13-18(3,20)5-2/h9-10,12,17,19-20H,4-8,11,13H2,1-3H3. The fourth-order valence-electron chi connectivity index (χ4n) is 2.75. The number of ether oxygens (including phenoxy) is 1. The van der Waals surface area contributed by atoms with Crippen molar-refractivity contribution in [2.45, 2.75) is 64.5 Å². The Hall–Kier alpha value is -1.06. The molecule has 1 aromatic rings. The van der Waals surface area contributed by atoms with Gasteiger partial charge in [-0.15, -0.1) is 0 Å². The average Bonchev–Trinajstić information content (AvgIpc) is 2.50. The summed E-state index contributed by atoms with van der Waals surface area (Å²) in [5.41, 5.74) is 2.06. The maximum absolute atomic E-state index is 10.0. The fourth-order valence-corrected chi connectivity index (χ4v) is 2.75. The van der Waals surface area contributed by atoms with Crippen molar-refractivity contribution in [1.29, 1.82) is 0 Å². The number of hydrogen-bond acceptors (Lipinski definition) is 3. The molecule has 2 unspecified atom stereocenters. The van der Waals surface area contributed by atoms with Gasteiger partial charge >= 0.3 is 0 Å². The first-order chi connectivity index (χ1) is 10.1. The van der Waals surface area contributed by atoms with E-state index in [0.717, 1.165) is 18.7 Å². The third-order valence-electron chi connectivity index (χ3n) is 4.38. The molecule has 2 atom stereocenters. The zero-order valence-electron chi connectivity index (χ0n) is 13.6. The van der Waals surface area contributed by atoms with Gasteiger partial charge in [0.05, 0.1) is 5.60 Å². The molecule has 118 valence electrons. The lowest BCUT2D eigenvalue weighted by Crippen LogP contribution is -2.31. The average molecular weight is 291 g/mol. The number of fused-ring (bicyclic) bond motifs is 1. The number of nitrogens with one attached hydrogen (secondary N) is 1. The Morgan fingerprint density at radius 2 is 2.19 bits per heavy atom. The summed E-state index contributed by atoms with van der Waals surface area (Å²) in [5, 5.41) is 13.7. The highest BCUT2D eigenvalue weighted by Gasteiger charge is 2.21. The highest BCUT2D eigenvalue weighted by atomic mass is 16.5. The zero-order chi connectivity index (χ0) is 15.3. The summed E-state index contributed by atoms with van der Waals surface area (Å²) < 4.78 is 5.77. The van der Waals surface area contributed by atoms with Gasteiger partial charge in [-0.2, -0.15) is 0 Å². The number of rotatable bonds is 7. The molecule has 1 aliphatic rings. The predicted octanol–water partition coefficient (Wildman–Crippen LogP) is 3.60. The van der Waals surface area contributed by atoms with Gasteiger partial charge in [0.15, 0.2) is 0 Å². The first-order valence-electron chi connectivity index (χ1n) is 8.27. The van der Waals surface area contributed by atoms with Gasteiger partial charge in [0.25, 0.3) is 0 Å². The van der Waals surface area contributed by atoms with Crippen LogP contribution in [0.1, 0.15) is 63.6 Å². The van der Waals surface area contributed by atoms with Crippen molar-refractivity contribution in [3.05, 3.63) is 29.3 Å². The Morgan fingerprint density at radius 3 is 2.90 bits per heavy atom. The number of aryl methyl sites for hydroxylation is 1. The van der Waals surface area contributed by atoms with Crippen LogP contribution in [0.2, 0.25) is 0 Å². The largest absolute Gasteiger partial charge is 0.491 e. The van der Waals surface area contributed by atoms with Gasteiger partial charge < -0.3 is 15.2 Å². The van der Waals surface area contributed by atoms with Gasteiger partial charge in [-0.05, 0) is 68.8 Å². The second-order valence-electron chi connectivity index (χ2n) is 6.40. The Balaban J connectivity index is 2.05. The van der Waals surface area contributed by atoms with Crippen LogP contribution in [0.4, 0.5) is 0 Å². The monoisotopic (exact) mass is 291 g/mol. The predicted molar refractivity (Wildman–Crippen MR) is 86.8 cm³/mol. The minimum Gasteiger partial charge on any atom is -0.491 e. The smallest absolute Gasteiger partial charge is 0.119 e. The molecular weight excluding hydrogens is 262 g/mol. The van der Waals surface area contributed by atoms with Gasteiger partial charge in [0, 0.05) is 6.04 Å². The molecule has 2 rings (SSSR count). The van der Waals surface area contributed by atoms with Crippen LogP contribution in [0.3, 0.4) is 0 Å². The molecule has 0 aliphatic heterocycles. The van der Waals surface area contributed by atoms with Crippen molar-refractivity contribution in [2.75, 3.05) is 13.2 Å². The van der Waals surface area contributed by atoms with Crippen molar-refractivity contribution >= 4 is 0 Å². The van der Waals surface area contributed by atoms with Crippen molar-refractivity contribution in [2.24, 2.45) is 0 Å². The molecule has 21 heavy (non-hydrogen) atoms. The molecule has 3 heteroatoms. The topological polar surface area (TPSA) is 41.5 Å². The van der Waals surface area contributed by atoms with Crippen molar-refractivity contribution in [3.8, 4) is 5.75 Å². The molecule has 0 aromatic heterocycles. The van der Waals surface area contributed by atoms with Crippen LogP contribution in [-0.2, 0) is 6.42 Å². The molecular formula is C18H29NO2. The maximum Gasteiger partial charge on any atom is 0.119 e. The lowest BCUT2D eigenvalue weighted by atomic mass is 9.87. The molecule has 0 radical (unpaired) electrons. The molecule has 0 fully saturated rings. The van der Waals surface area contributed by atoms with E-state index in [1.54, 1.807) is 0 Å². The number of aliphatic hydroxyl groups is 1. The van der Waals surface area contributed by atoms with Crippen LogP contribution < -0.4 is 10.1 Å². The van der Waals surface area contributed by atoms with E-state index in [-0.39, 0.29) is 0 Å². The van der Waals surface area contributed by atoms with E-state index in [9.17, 15) is 5.11 Å². The van der Waals surface area contributed by atoms with Crippen molar-refractivity contribution < 1.29 is 9.84 Å². The number of hydrogen-bond donors (Lipinski definition) is 2. The third-order valence-corrected chi connectivity index (χ3v) is 4.38. The normalized spacial score (nSPS) is 20.7. The lowest BCUT2D eigenvalue weighted by molar-refractivity contribution is 0.00843. The van der Waals surface area contributed by atoms with E-state index in [1.807, 2.05) is 19.9 Å². The Kier molecular flexibility index (Phi) is 5.65. The van der Waals surface area contributed by atoms with Crippen LogP contribution >= 0.6 is 0 Å². The van der Waals surface area contributed by atoms with E-state index < -0.39 is 5.60 Å². The summed E-state index contributed by atoms with van der Waals surface area (Å²) in [4.78, 5) is 0. The minimum atomic E-state index is -0.749. The summed E-state index contributed by atoms with van der Waals surface area (Å²) in [7, 11) is 0. The van der Waals surface area contributed by atoms with E-state index >= 15 is 0 Å². The molecule has 0 saturated heterocycles. The molecule has 0 bridgehead atoms. The summed E-state index contributed by atoms with van der Waals surface area (Å²) in [5.74, 6) is 0.874. The highest BCUT2D eigenvalue weighted by Crippen LogP contribution is 2.32. The zero-order valence-corrected chi connectivity index (χ0v) is 13.6. The molecule has 0 amide bonds. The van der Waals surface area contributed by atoms with Crippen molar-refractivity contribution in [3.63, 3.8) is 0 Å². The van der Waals surface area contributed by atoms with Gasteiger partial charge in [0.1, 0.15) is 12.4 Å². The molecule has 1 aromatic carbocycles. The summed E-state index contributed by atoms with van der Waals surface area (Å²) in [6, 6.07) is 6.87. The second kappa shape index (κ2) is 7.28. The first-order valence-corrected chi connectivity index (χ1v) is 8.27. The van der Waals surface area contributed by atoms with Crippen LogP contribution in [0, 0.1) is 0 Å². The van der Waals surface area contributed by atoms with E-state index in [1.165, 1.54) is 30.4 Å². The summed E-state index contributed by atoms with van der Waals surface area (Å²) in [6.07, 6.45) is 5.43. The quantitative estimate of drug-likeness (QED) is 0.806. The summed E-state index contributed by atoms with van der Waals surface area (Å²) >= 11 is 0. The van der Waals surface area contributed by atoms with E-state index in [2.05, 4.69) is 24.4 Å². The second-order valence-corrected chi connectivity index (χ2v) is 6.40. The van der Waals surface area contributed by atoms with Gasteiger partial charge in [0.2, 0.25) is 0 Å². The van der Waals surface area contributed by atoms with Gasteiger partial charge in [-0.1, -0.05) is 19.9 Å². The Bertz CT molecular complexity index is 457. The van der Waals surface area contributed by atoms with Crippen LogP contribution in [-0.4, -0.2) is 23.9 Å². The van der Waals surface area contributed by atoms with Crippen LogP contribution in [0.5, 0.6) is 5.75 Å². The third kappa shape index (κ3) is 4.45. The van der Waals surface area contributed by atoms with Gasteiger partial charge in [-0.3, -0.25) is 0 Å². The Morgan fingerprint density at radius 1 is 1.38 bits per heavy atom. The first kappa shape index (κ1) is 16.3. The molecule has 2 N–H and O–H groups in total. The van der Waals surface area contributed by atoms with E-state index in [0.29, 0.717) is 19.1 Å². The minimum absolute atomic E-state index is 0.347. The Labute approximate surface area is 128 Å². The fraction of sp³-hybridized carbons (Fsp3) is 0.667. The van der Waals surface area contributed by atoms with Crippen molar-refractivity contribution in [1.82, 2.24) is 5.32 Å². The number of benzene rings is 1. The maximum atomic E-state index is 10.0.